The van der Waals surface area contributed by atoms with Crippen LogP contribution in [0.4, 0.5) is 0 Å². The van der Waals surface area contributed by atoms with E-state index in [-0.39, 0.29) is 16.8 Å². The number of rotatable bonds is 7. The number of aryl methyl sites for hydroxylation is 1. The molecule has 3 rings (SSSR count). The van der Waals surface area contributed by atoms with E-state index in [0.717, 1.165) is 30.4 Å². The molecule has 1 saturated heterocycles. The average Bonchev–Trinajstić information content (AvgIpc) is 2.74. The number of piperidine rings is 1. The fourth-order valence-corrected chi connectivity index (χ4v) is 5.33. The molecule has 6 nitrogen and oxygen atoms in total. The van der Waals surface area contributed by atoms with Crippen LogP contribution in [-0.4, -0.2) is 57.3 Å². The lowest BCUT2D eigenvalue weighted by Gasteiger charge is -2.26. The van der Waals surface area contributed by atoms with E-state index in [0.29, 0.717) is 25.2 Å². The summed E-state index contributed by atoms with van der Waals surface area (Å²) in [5.74, 6) is -0.265. The van der Waals surface area contributed by atoms with E-state index in [1.54, 1.807) is 12.1 Å². The van der Waals surface area contributed by atoms with Gasteiger partial charge >= 0.3 is 0 Å². The third-order valence-electron chi connectivity index (χ3n) is 5.46. The normalized spacial score (nSPS) is 16.4. The number of nitrogens with zero attached hydrogens (tertiary/aromatic N) is 2. The van der Waals surface area contributed by atoms with Crippen LogP contribution < -0.4 is 5.32 Å². The predicted molar refractivity (Wildman–Crippen MR) is 119 cm³/mol. The number of sulfonamides is 1. The molecule has 0 bridgehead atoms. The van der Waals surface area contributed by atoms with Gasteiger partial charge in [0.05, 0.1) is 10.9 Å². The van der Waals surface area contributed by atoms with Crippen molar-refractivity contribution in [2.24, 2.45) is 0 Å². The van der Waals surface area contributed by atoms with Gasteiger partial charge in [0.1, 0.15) is 0 Å². The van der Waals surface area contributed by atoms with E-state index in [1.807, 2.05) is 56.3 Å². The van der Waals surface area contributed by atoms with Gasteiger partial charge in [0.2, 0.25) is 10.0 Å². The molecule has 1 amide bonds. The molecule has 2 aromatic carbocycles. The standard InChI is InChI=1S/C23H31N3O3S/c1-18-12-13-20(30(28,29)26-14-8-5-9-15-26)16-21(18)23(27)24-22(17-25(2)3)19-10-6-4-7-11-19/h4,6-7,10-13,16,22H,5,8-9,14-15,17H2,1-3H3,(H,24,27). The summed E-state index contributed by atoms with van der Waals surface area (Å²) in [6.45, 7) is 3.55. The van der Waals surface area contributed by atoms with E-state index >= 15 is 0 Å². The fourth-order valence-electron chi connectivity index (χ4n) is 3.78. The van der Waals surface area contributed by atoms with Crippen LogP contribution in [0.3, 0.4) is 0 Å². The van der Waals surface area contributed by atoms with E-state index < -0.39 is 10.0 Å². The summed E-state index contributed by atoms with van der Waals surface area (Å²) in [4.78, 5) is 15.3. The highest BCUT2D eigenvalue weighted by Gasteiger charge is 2.27. The van der Waals surface area contributed by atoms with Crippen LogP contribution in [0.15, 0.2) is 53.4 Å². The molecule has 1 unspecified atom stereocenters. The molecular formula is C23H31N3O3S. The number of hydrogen-bond donors (Lipinski definition) is 1. The van der Waals surface area contributed by atoms with Gasteiger partial charge < -0.3 is 10.2 Å². The van der Waals surface area contributed by atoms with Crippen molar-refractivity contribution in [3.8, 4) is 0 Å². The molecule has 0 aromatic heterocycles. The van der Waals surface area contributed by atoms with Gasteiger partial charge in [0, 0.05) is 25.2 Å². The Balaban J connectivity index is 1.87. The number of carbonyl (C=O) groups excluding carboxylic acids is 1. The van der Waals surface area contributed by atoms with E-state index in [1.165, 1.54) is 10.4 Å². The zero-order valence-electron chi connectivity index (χ0n) is 18.0. The first kappa shape index (κ1) is 22.5. The minimum atomic E-state index is -3.59. The van der Waals surface area contributed by atoms with Crippen molar-refractivity contribution in [2.75, 3.05) is 33.7 Å². The van der Waals surface area contributed by atoms with Crippen molar-refractivity contribution < 1.29 is 13.2 Å². The zero-order valence-corrected chi connectivity index (χ0v) is 18.8. The second-order valence-corrected chi connectivity index (χ2v) is 10.1. The first-order valence-electron chi connectivity index (χ1n) is 10.4. The largest absolute Gasteiger partial charge is 0.344 e. The molecule has 1 aliphatic rings. The van der Waals surface area contributed by atoms with Gasteiger partial charge in [-0.1, -0.05) is 42.8 Å². The summed E-state index contributed by atoms with van der Waals surface area (Å²) in [7, 11) is 0.326. The lowest BCUT2D eigenvalue weighted by Crippen LogP contribution is -2.37. The predicted octanol–water partition coefficient (Wildman–Crippen LogP) is 3.20. The Bertz CT molecular complexity index is 968. The topological polar surface area (TPSA) is 69.7 Å². The second kappa shape index (κ2) is 9.73. The Morgan fingerprint density at radius 3 is 2.37 bits per heavy atom. The molecule has 7 heteroatoms. The Morgan fingerprint density at radius 1 is 1.07 bits per heavy atom. The van der Waals surface area contributed by atoms with E-state index in [2.05, 4.69) is 5.32 Å². The van der Waals surface area contributed by atoms with Crippen LogP contribution in [0.2, 0.25) is 0 Å². The molecule has 2 aromatic rings. The molecule has 162 valence electrons. The Labute approximate surface area is 179 Å². The fraction of sp³-hybridized carbons (Fsp3) is 0.435. The molecule has 1 atom stereocenters. The number of hydrogen-bond acceptors (Lipinski definition) is 4. The summed E-state index contributed by atoms with van der Waals surface area (Å²) < 4.78 is 27.6. The van der Waals surface area contributed by atoms with Gasteiger partial charge in [0.15, 0.2) is 0 Å². The highest BCUT2D eigenvalue weighted by Crippen LogP contribution is 2.23. The summed E-state index contributed by atoms with van der Waals surface area (Å²) in [6, 6.07) is 14.4. The van der Waals surface area contributed by atoms with Crippen LogP contribution in [-0.2, 0) is 10.0 Å². The molecule has 1 aliphatic heterocycles. The third-order valence-corrected chi connectivity index (χ3v) is 7.36. The lowest BCUT2D eigenvalue weighted by molar-refractivity contribution is 0.0929. The molecule has 30 heavy (non-hydrogen) atoms. The lowest BCUT2D eigenvalue weighted by atomic mass is 10.0. The summed E-state index contributed by atoms with van der Waals surface area (Å²) >= 11 is 0. The van der Waals surface area contributed by atoms with Gasteiger partial charge in [0.25, 0.3) is 5.91 Å². The van der Waals surface area contributed by atoms with Gasteiger partial charge in [-0.15, -0.1) is 0 Å². The quantitative estimate of drug-likeness (QED) is 0.734. The maximum atomic E-state index is 13.1. The molecule has 0 saturated carbocycles. The van der Waals surface area contributed by atoms with Crippen molar-refractivity contribution in [3.05, 3.63) is 65.2 Å². The van der Waals surface area contributed by atoms with Crippen molar-refractivity contribution in [1.82, 2.24) is 14.5 Å². The number of benzene rings is 2. The molecule has 0 radical (unpaired) electrons. The Morgan fingerprint density at radius 2 is 1.73 bits per heavy atom. The van der Waals surface area contributed by atoms with Crippen molar-refractivity contribution in [3.63, 3.8) is 0 Å². The number of amides is 1. The van der Waals surface area contributed by atoms with Gasteiger partial charge in [-0.2, -0.15) is 4.31 Å². The average molecular weight is 430 g/mol. The Kier molecular flexibility index (Phi) is 7.28. The van der Waals surface area contributed by atoms with Crippen molar-refractivity contribution in [2.45, 2.75) is 37.1 Å². The van der Waals surface area contributed by atoms with Crippen LogP contribution in [0.1, 0.15) is 46.8 Å². The summed E-state index contributed by atoms with van der Waals surface area (Å²) in [5.41, 5.74) is 2.16. The molecule has 1 heterocycles. The molecule has 0 aliphatic carbocycles. The van der Waals surface area contributed by atoms with Crippen LogP contribution >= 0.6 is 0 Å². The van der Waals surface area contributed by atoms with Crippen LogP contribution in [0.25, 0.3) is 0 Å². The molecule has 1 fully saturated rings. The smallest absolute Gasteiger partial charge is 0.252 e. The monoisotopic (exact) mass is 429 g/mol. The summed E-state index contributed by atoms with van der Waals surface area (Å²) in [6.07, 6.45) is 2.81. The maximum Gasteiger partial charge on any atom is 0.252 e. The van der Waals surface area contributed by atoms with Crippen LogP contribution in [0, 0.1) is 6.92 Å². The summed E-state index contributed by atoms with van der Waals surface area (Å²) in [5, 5.41) is 3.09. The zero-order chi connectivity index (χ0) is 21.7. The number of likely N-dealkylation sites (N-methyl/N-ethyl adjacent to an activating group) is 1. The number of carbonyl (C=O) groups is 1. The minimum Gasteiger partial charge on any atom is -0.344 e. The van der Waals surface area contributed by atoms with Crippen molar-refractivity contribution >= 4 is 15.9 Å². The van der Waals surface area contributed by atoms with Crippen LogP contribution in [0.5, 0.6) is 0 Å². The number of nitrogens with one attached hydrogen (secondary N) is 1. The highest BCUT2D eigenvalue weighted by molar-refractivity contribution is 7.89. The molecule has 0 spiro atoms. The third kappa shape index (κ3) is 5.28. The van der Waals surface area contributed by atoms with Gasteiger partial charge in [-0.25, -0.2) is 8.42 Å². The Hall–Kier alpha value is -2.22. The first-order chi connectivity index (χ1) is 14.3. The van der Waals surface area contributed by atoms with Gasteiger partial charge in [-0.3, -0.25) is 4.79 Å². The minimum absolute atomic E-state index is 0.184. The SMILES string of the molecule is Cc1ccc(S(=O)(=O)N2CCCCC2)cc1C(=O)NC(CN(C)C)c1ccccc1. The van der Waals surface area contributed by atoms with E-state index in [9.17, 15) is 13.2 Å². The second-order valence-electron chi connectivity index (χ2n) is 8.14. The maximum absolute atomic E-state index is 13.1. The highest BCUT2D eigenvalue weighted by atomic mass is 32.2. The molecule has 1 N–H and O–H groups in total. The first-order valence-corrected chi connectivity index (χ1v) is 11.8. The van der Waals surface area contributed by atoms with Gasteiger partial charge in [-0.05, 0) is 57.1 Å². The van der Waals surface area contributed by atoms with Crippen molar-refractivity contribution in [1.29, 1.82) is 0 Å². The molecular weight excluding hydrogens is 398 g/mol. The van der Waals surface area contributed by atoms with E-state index in [4.69, 9.17) is 0 Å².